The van der Waals surface area contributed by atoms with Gasteiger partial charge in [-0.1, -0.05) is 43.1 Å². The first-order valence-electron chi connectivity index (χ1n) is 7.64. The van der Waals surface area contributed by atoms with Crippen LogP contribution in [0.1, 0.15) is 38.7 Å². The molecule has 0 amide bonds. The van der Waals surface area contributed by atoms with Gasteiger partial charge in [-0.05, 0) is 49.5 Å². The highest BCUT2D eigenvalue weighted by Gasteiger charge is 2.22. The third-order valence-corrected chi connectivity index (χ3v) is 4.97. The molecule has 1 aromatic rings. The number of ketones is 1. The van der Waals surface area contributed by atoms with Crippen molar-refractivity contribution in [3.05, 3.63) is 33.8 Å². The molecule has 2 rings (SSSR count). The van der Waals surface area contributed by atoms with Gasteiger partial charge in [0.05, 0.1) is 10.0 Å². The Labute approximate surface area is 137 Å². The van der Waals surface area contributed by atoms with Crippen molar-refractivity contribution in [1.82, 2.24) is 4.90 Å². The van der Waals surface area contributed by atoms with Crippen LogP contribution in [-0.2, 0) is 11.3 Å². The standard InChI is InChI=1S/C17H23Cl2NO/c1-12(2)17(21)10-13-5-7-20(8-6-13)11-14-3-4-15(18)16(19)9-14/h3-4,9,12-13H,5-8,10-11H2,1-2H3. The van der Waals surface area contributed by atoms with Crippen LogP contribution in [0.2, 0.25) is 10.0 Å². The van der Waals surface area contributed by atoms with Crippen LogP contribution in [0.4, 0.5) is 0 Å². The molecule has 0 unspecified atom stereocenters. The molecule has 0 bridgehead atoms. The van der Waals surface area contributed by atoms with E-state index in [0.29, 0.717) is 21.7 Å². The zero-order valence-electron chi connectivity index (χ0n) is 12.7. The third kappa shape index (κ3) is 4.98. The van der Waals surface area contributed by atoms with Crippen molar-refractivity contribution in [2.75, 3.05) is 13.1 Å². The van der Waals surface area contributed by atoms with Crippen molar-refractivity contribution in [2.24, 2.45) is 11.8 Å². The van der Waals surface area contributed by atoms with Crippen molar-refractivity contribution < 1.29 is 4.79 Å². The Morgan fingerprint density at radius 2 is 1.90 bits per heavy atom. The number of rotatable bonds is 5. The van der Waals surface area contributed by atoms with Crippen LogP contribution in [0, 0.1) is 11.8 Å². The topological polar surface area (TPSA) is 20.3 Å². The van der Waals surface area contributed by atoms with Gasteiger partial charge in [0.15, 0.2) is 0 Å². The SMILES string of the molecule is CC(C)C(=O)CC1CCN(Cc2ccc(Cl)c(Cl)c2)CC1. The lowest BCUT2D eigenvalue weighted by Gasteiger charge is -2.32. The third-order valence-electron chi connectivity index (χ3n) is 4.23. The second-order valence-electron chi connectivity index (χ2n) is 6.29. The number of halogens is 2. The monoisotopic (exact) mass is 327 g/mol. The molecule has 0 saturated carbocycles. The van der Waals surface area contributed by atoms with E-state index in [0.717, 1.165) is 38.9 Å². The molecule has 1 aliphatic rings. The summed E-state index contributed by atoms with van der Waals surface area (Å²) in [6, 6.07) is 5.83. The first kappa shape index (κ1) is 16.8. The average Bonchev–Trinajstić information content (AvgIpc) is 2.45. The number of hydrogen-bond acceptors (Lipinski definition) is 2. The largest absolute Gasteiger partial charge is 0.299 e. The first-order chi connectivity index (χ1) is 9.95. The second kappa shape index (κ2) is 7.62. The van der Waals surface area contributed by atoms with Crippen LogP contribution < -0.4 is 0 Å². The van der Waals surface area contributed by atoms with E-state index in [1.165, 1.54) is 5.56 Å². The number of carbonyl (C=O) groups excluding carboxylic acids is 1. The molecule has 0 spiro atoms. The maximum absolute atomic E-state index is 11.8. The van der Waals surface area contributed by atoms with Gasteiger partial charge in [-0.15, -0.1) is 0 Å². The smallest absolute Gasteiger partial charge is 0.135 e. The van der Waals surface area contributed by atoms with E-state index in [1.54, 1.807) is 0 Å². The molecule has 1 aliphatic heterocycles. The van der Waals surface area contributed by atoms with E-state index in [9.17, 15) is 4.79 Å². The van der Waals surface area contributed by atoms with Gasteiger partial charge < -0.3 is 0 Å². The summed E-state index contributed by atoms with van der Waals surface area (Å²) in [6.45, 7) is 6.98. The molecule has 0 radical (unpaired) electrons. The maximum atomic E-state index is 11.8. The van der Waals surface area contributed by atoms with E-state index in [-0.39, 0.29) is 5.92 Å². The maximum Gasteiger partial charge on any atom is 0.135 e. The van der Waals surface area contributed by atoms with E-state index in [1.807, 2.05) is 32.0 Å². The number of piperidine rings is 1. The van der Waals surface area contributed by atoms with Crippen molar-refractivity contribution in [2.45, 2.75) is 39.7 Å². The molecule has 116 valence electrons. The van der Waals surface area contributed by atoms with Gasteiger partial charge in [-0.25, -0.2) is 0 Å². The minimum atomic E-state index is 0.166. The number of nitrogens with zero attached hydrogens (tertiary/aromatic N) is 1. The Balaban J connectivity index is 1.81. The average molecular weight is 328 g/mol. The molecule has 0 aromatic heterocycles. The van der Waals surface area contributed by atoms with E-state index in [2.05, 4.69) is 4.90 Å². The van der Waals surface area contributed by atoms with Crippen molar-refractivity contribution in [3.8, 4) is 0 Å². The fourth-order valence-corrected chi connectivity index (χ4v) is 3.09. The molecule has 1 heterocycles. The number of carbonyl (C=O) groups is 1. The normalized spacial score (nSPS) is 17.4. The fourth-order valence-electron chi connectivity index (χ4n) is 2.77. The van der Waals surface area contributed by atoms with Gasteiger partial charge in [0.2, 0.25) is 0 Å². The molecule has 1 saturated heterocycles. The van der Waals surface area contributed by atoms with Crippen LogP contribution in [0.5, 0.6) is 0 Å². The zero-order chi connectivity index (χ0) is 15.4. The summed E-state index contributed by atoms with van der Waals surface area (Å²) in [6.07, 6.45) is 2.97. The van der Waals surface area contributed by atoms with Gasteiger partial charge in [0, 0.05) is 18.9 Å². The van der Waals surface area contributed by atoms with Crippen LogP contribution in [0.25, 0.3) is 0 Å². The number of likely N-dealkylation sites (tertiary alicyclic amines) is 1. The Kier molecular flexibility index (Phi) is 6.09. The molecule has 2 nitrogen and oxygen atoms in total. The highest BCUT2D eigenvalue weighted by atomic mass is 35.5. The lowest BCUT2D eigenvalue weighted by Crippen LogP contribution is -2.34. The van der Waals surface area contributed by atoms with Crippen LogP contribution in [0.15, 0.2) is 18.2 Å². The van der Waals surface area contributed by atoms with Gasteiger partial charge >= 0.3 is 0 Å². The minimum absolute atomic E-state index is 0.166. The van der Waals surface area contributed by atoms with E-state index in [4.69, 9.17) is 23.2 Å². The molecule has 1 aromatic carbocycles. The van der Waals surface area contributed by atoms with Crippen LogP contribution in [0.3, 0.4) is 0 Å². The predicted molar refractivity (Wildman–Crippen MR) is 88.9 cm³/mol. The molecular formula is C17H23Cl2NO. The number of benzene rings is 1. The van der Waals surface area contributed by atoms with Gasteiger partial charge in [0.25, 0.3) is 0 Å². The second-order valence-corrected chi connectivity index (χ2v) is 7.11. The number of hydrogen-bond donors (Lipinski definition) is 0. The molecule has 0 atom stereocenters. The Morgan fingerprint density at radius 1 is 1.24 bits per heavy atom. The predicted octanol–water partition coefficient (Wildman–Crippen LogP) is 4.82. The lowest BCUT2D eigenvalue weighted by molar-refractivity contribution is -0.123. The number of Topliss-reactive ketones (excluding diaryl/α,β-unsaturated/α-hetero) is 1. The summed E-state index contributed by atoms with van der Waals surface area (Å²) in [5, 5.41) is 1.22. The lowest BCUT2D eigenvalue weighted by atomic mass is 9.89. The molecular weight excluding hydrogens is 305 g/mol. The molecule has 0 N–H and O–H groups in total. The summed E-state index contributed by atoms with van der Waals surface area (Å²) in [4.78, 5) is 14.2. The zero-order valence-corrected chi connectivity index (χ0v) is 14.3. The highest BCUT2D eigenvalue weighted by Crippen LogP contribution is 2.26. The van der Waals surface area contributed by atoms with E-state index < -0.39 is 0 Å². The molecule has 1 fully saturated rings. The van der Waals surface area contributed by atoms with E-state index >= 15 is 0 Å². The summed E-state index contributed by atoms with van der Waals surface area (Å²) < 4.78 is 0. The first-order valence-corrected chi connectivity index (χ1v) is 8.40. The minimum Gasteiger partial charge on any atom is -0.299 e. The Hall–Kier alpha value is -0.570. The Bertz CT molecular complexity index is 494. The van der Waals surface area contributed by atoms with Crippen molar-refractivity contribution in [3.63, 3.8) is 0 Å². The molecule has 21 heavy (non-hydrogen) atoms. The summed E-state index contributed by atoms with van der Waals surface area (Å²) in [5.41, 5.74) is 1.20. The highest BCUT2D eigenvalue weighted by molar-refractivity contribution is 6.42. The van der Waals surface area contributed by atoms with Crippen molar-refractivity contribution >= 4 is 29.0 Å². The Morgan fingerprint density at radius 3 is 2.48 bits per heavy atom. The quantitative estimate of drug-likeness (QED) is 0.772. The summed E-state index contributed by atoms with van der Waals surface area (Å²) >= 11 is 12.0. The fraction of sp³-hybridized carbons (Fsp3) is 0.588. The van der Waals surface area contributed by atoms with Gasteiger partial charge in [-0.2, -0.15) is 0 Å². The van der Waals surface area contributed by atoms with Crippen LogP contribution in [-0.4, -0.2) is 23.8 Å². The molecule has 0 aliphatic carbocycles. The summed E-state index contributed by atoms with van der Waals surface area (Å²) in [7, 11) is 0. The van der Waals surface area contributed by atoms with Crippen LogP contribution >= 0.6 is 23.2 Å². The van der Waals surface area contributed by atoms with Crippen molar-refractivity contribution in [1.29, 1.82) is 0 Å². The van der Waals surface area contributed by atoms with Gasteiger partial charge in [0.1, 0.15) is 5.78 Å². The molecule has 4 heteroatoms. The summed E-state index contributed by atoms with van der Waals surface area (Å²) in [5.74, 6) is 1.13. The van der Waals surface area contributed by atoms with Gasteiger partial charge in [-0.3, -0.25) is 9.69 Å².